The highest BCUT2D eigenvalue weighted by Crippen LogP contribution is 2.26. The van der Waals surface area contributed by atoms with Gasteiger partial charge < -0.3 is 5.11 Å². The van der Waals surface area contributed by atoms with Crippen molar-refractivity contribution < 1.29 is 5.11 Å². The molecule has 0 aliphatic heterocycles. The zero-order chi connectivity index (χ0) is 11.6. The highest BCUT2D eigenvalue weighted by Gasteiger charge is 2.18. The van der Waals surface area contributed by atoms with Crippen LogP contribution in [0.2, 0.25) is 0 Å². The lowest BCUT2D eigenvalue weighted by Gasteiger charge is -2.22. The minimum atomic E-state index is -0.0515. The quantitative estimate of drug-likeness (QED) is 0.830. The van der Waals surface area contributed by atoms with Gasteiger partial charge in [0.25, 0.3) is 0 Å². The lowest BCUT2D eigenvalue weighted by Crippen LogP contribution is -2.19. The van der Waals surface area contributed by atoms with Crippen molar-refractivity contribution in [3.05, 3.63) is 48.0 Å². The van der Waals surface area contributed by atoms with Gasteiger partial charge in [-0.15, -0.1) is 0 Å². The van der Waals surface area contributed by atoms with Gasteiger partial charge in [-0.1, -0.05) is 56.3 Å². The van der Waals surface area contributed by atoms with Crippen LogP contribution in [0, 0.1) is 5.41 Å². The molecule has 1 nitrogen and oxygen atoms in total. The second kappa shape index (κ2) is 4.26. The van der Waals surface area contributed by atoms with Gasteiger partial charge in [0.2, 0.25) is 0 Å². The van der Waals surface area contributed by atoms with E-state index in [1.807, 2.05) is 0 Å². The molecule has 0 heterocycles. The molecule has 1 N–H and O–H groups in total. The largest absolute Gasteiger partial charge is 0.396 e. The SMILES string of the molecule is CC(C)(CO)Cc1cccc2ccccc12. The van der Waals surface area contributed by atoms with Crippen LogP contribution in [-0.4, -0.2) is 11.7 Å². The number of hydrogen-bond donors (Lipinski definition) is 1. The molecule has 2 aromatic rings. The Morgan fingerprint density at radius 2 is 1.69 bits per heavy atom. The average Bonchev–Trinajstić information content (AvgIpc) is 2.29. The Hall–Kier alpha value is -1.34. The molecule has 0 fully saturated rings. The first-order valence-corrected chi connectivity index (χ1v) is 5.70. The number of hydrogen-bond acceptors (Lipinski definition) is 1. The van der Waals surface area contributed by atoms with Crippen LogP contribution in [0.4, 0.5) is 0 Å². The molecule has 2 aromatic carbocycles. The van der Waals surface area contributed by atoms with E-state index in [9.17, 15) is 5.11 Å². The molecular formula is C15H18O. The van der Waals surface area contributed by atoms with Crippen molar-refractivity contribution in [1.82, 2.24) is 0 Å². The molecule has 0 spiro atoms. The van der Waals surface area contributed by atoms with Gasteiger partial charge in [-0.3, -0.25) is 0 Å². The molecule has 0 bridgehead atoms. The summed E-state index contributed by atoms with van der Waals surface area (Å²) in [5.41, 5.74) is 1.27. The second-order valence-corrected chi connectivity index (χ2v) is 5.14. The van der Waals surface area contributed by atoms with E-state index >= 15 is 0 Å². The number of benzene rings is 2. The normalized spacial score (nSPS) is 11.9. The van der Waals surface area contributed by atoms with E-state index in [-0.39, 0.29) is 12.0 Å². The maximum Gasteiger partial charge on any atom is 0.0485 e. The predicted octanol–water partition coefficient (Wildman–Crippen LogP) is 3.40. The maximum atomic E-state index is 9.33. The Morgan fingerprint density at radius 3 is 2.44 bits per heavy atom. The summed E-state index contributed by atoms with van der Waals surface area (Å²) in [5, 5.41) is 11.9. The number of fused-ring (bicyclic) bond motifs is 1. The van der Waals surface area contributed by atoms with Gasteiger partial charge in [0.1, 0.15) is 0 Å². The summed E-state index contributed by atoms with van der Waals surface area (Å²) >= 11 is 0. The molecule has 0 aromatic heterocycles. The van der Waals surface area contributed by atoms with Crippen molar-refractivity contribution >= 4 is 10.8 Å². The fraction of sp³-hybridized carbons (Fsp3) is 0.333. The Labute approximate surface area is 96.7 Å². The van der Waals surface area contributed by atoms with Crippen molar-refractivity contribution in [1.29, 1.82) is 0 Å². The highest BCUT2D eigenvalue weighted by atomic mass is 16.3. The number of aliphatic hydroxyl groups excluding tert-OH is 1. The van der Waals surface area contributed by atoms with E-state index < -0.39 is 0 Å². The van der Waals surface area contributed by atoms with E-state index in [0.29, 0.717) is 0 Å². The predicted molar refractivity (Wildman–Crippen MR) is 68.5 cm³/mol. The first-order valence-electron chi connectivity index (χ1n) is 5.70. The van der Waals surface area contributed by atoms with Crippen LogP contribution in [0.3, 0.4) is 0 Å². The van der Waals surface area contributed by atoms with E-state index in [2.05, 4.69) is 56.3 Å². The summed E-state index contributed by atoms with van der Waals surface area (Å²) in [5.74, 6) is 0. The number of rotatable bonds is 3. The molecule has 0 amide bonds. The Bertz CT molecular complexity index is 480. The lowest BCUT2D eigenvalue weighted by atomic mass is 9.85. The van der Waals surface area contributed by atoms with E-state index in [0.717, 1.165) is 6.42 Å². The van der Waals surface area contributed by atoms with E-state index in [1.54, 1.807) is 0 Å². The first-order chi connectivity index (χ1) is 7.62. The van der Waals surface area contributed by atoms with Crippen LogP contribution in [0.15, 0.2) is 42.5 Å². The fourth-order valence-corrected chi connectivity index (χ4v) is 2.02. The minimum Gasteiger partial charge on any atom is -0.396 e. The Morgan fingerprint density at radius 1 is 1.00 bits per heavy atom. The molecule has 0 atom stereocenters. The third kappa shape index (κ3) is 2.25. The second-order valence-electron chi connectivity index (χ2n) is 5.14. The zero-order valence-corrected chi connectivity index (χ0v) is 9.90. The van der Waals surface area contributed by atoms with Crippen LogP contribution < -0.4 is 0 Å². The van der Waals surface area contributed by atoms with Crippen LogP contribution in [-0.2, 0) is 6.42 Å². The average molecular weight is 214 g/mol. The van der Waals surface area contributed by atoms with Gasteiger partial charge in [0.05, 0.1) is 0 Å². The van der Waals surface area contributed by atoms with Gasteiger partial charge >= 0.3 is 0 Å². The standard InChI is InChI=1S/C15H18O/c1-15(2,11-16)10-13-8-5-7-12-6-3-4-9-14(12)13/h3-9,16H,10-11H2,1-2H3. The highest BCUT2D eigenvalue weighted by molar-refractivity contribution is 5.85. The van der Waals surface area contributed by atoms with Gasteiger partial charge in [0.15, 0.2) is 0 Å². The third-order valence-corrected chi connectivity index (χ3v) is 2.98. The van der Waals surface area contributed by atoms with Crippen LogP contribution >= 0.6 is 0 Å². The molecule has 0 radical (unpaired) electrons. The molecule has 1 heteroatoms. The summed E-state index contributed by atoms with van der Waals surface area (Å²) in [6, 6.07) is 14.8. The molecule has 0 aliphatic carbocycles. The zero-order valence-electron chi connectivity index (χ0n) is 9.90. The van der Waals surface area contributed by atoms with Crippen LogP contribution in [0.5, 0.6) is 0 Å². The lowest BCUT2D eigenvalue weighted by molar-refractivity contribution is 0.160. The van der Waals surface area contributed by atoms with Crippen molar-refractivity contribution in [2.45, 2.75) is 20.3 Å². The van der Waals surface area contributed by atoms with Crippen LogP contribution in [0.25, 0.3) is 10.8 Å². The molecule has 0 unspecified atom stereocenters. The minimum absolute atomic E-state index is 0.0515. The Kier molecular flexibility index (Phi) is 2.97. The first kappa shape index (κ1) is 11.2. The van der Waals surface area contributed by atoms with E-state index in [1.165, 1.54) is 16.3 Å². The van der Waals surface area contributed by atoms with Crippen LogP contribution in [0.1, 0.15) is 19.4 Å². The van der Waals surface area contributed by atoms with Crippen molar-refractivity contribution in [3.63, 3.8) is 0 Å². The summed E-state index contributed by atoms with van der Waals surface area (Å²) in [7, 11) is 0. The molecule has 2 rings (SSSR count). The fourth-order valence-electron chi connectivity index (χ4n) is 2.02. The van der Waals surface area contributed by atoms with Gasteiger partial charge in [-0.05, 0) is 28.2 Å². The number of aliphatic hydroxyl groups is 1. The topological polar surface area (TPSA) is 20.2 Å². The summed E-state index contributed by atoms with van der Waals surface area (Å²) in [6.45, 7) is 4.40. The molecule has 84 valence electrons. The Balaban J connectivity index is 2.45. The summed E-state index contributed by atoms with van der Waals surface area (Å²) in [4.78, 5) is 0. The summed E-state index contributed by atoms with van der Waals surface area (Å²) in [6.07, 6.45) is 0.908. The van der Waals surface area contributed by atoms with Gasteiger partial charge in [-0.25, -0.2) is 0 Å². The summed E-state index contributed by atoms with van der Waals surface area (Å²) < 4.78 is 0. The molecule has 0 saturated heterocycles. The van der Waals surface area contributed by atoms with Gasteiger partial charge in [-0.2, -0.15) is 0 Å². The van der Waals surface area contributed by atoms with Crippen molar-refractivity contribution in [2.24, 2.45) is 5.41 Å². The molecule has 0 aliphatic rings. The maximum absolute atomic E-state index is 9.33. The van der Waals surface area contributed by atoms with Crippen molar-refractivity contribution in [2.75, 3.05) is 6.61 Å². The van der Waals surface area contributed by atoms with E-state index in [4.69, 9.17) is 0 Å². The van der Waals surface area contributed by atoms with Gasteiger partial charge in [0, 0.05) is 6.61 Å². The van der Waals surface area contributed by atoms with Crippen molar-refractivity contribution in [3.8, 4) is 0 Å². The molecule has 16 heavy (non-hydrogen) atoms. The third-order valence-electron chi connectivity index (χ3n) is 2.98. The molecular weight excluding hydrogens is 196 g/mol. The smallest absolute Gasteiger partial charge is 0.0485 e. The monoisotopic (exact) mass is 214 g/mol. The molecule has 0 saturated carbocycles.